The quantitative estimate of drug-likeness (QED) is 0.327. The molecule has 0 bridgehead atoms. The molecule has 1 aromatic carbocycles. The number of ether oxygens (including phenoxy) is 2. The molecule has 1 N–H and O–H groups in total. The molecule has 1 saturated carbocycles. The maximum atomic E-state index is 13.8. The maximum Gasteiger partial charge on any atom is 0.342 e. The summed E-state index contributed by atoms with van der Waals surface area (Å²) in [5, 5.41) is 2.89. The summed E-state index contributed by atoms with van der Waals surface area (Å²) in [4.78, 5) is 12.3. The van der Waals surface area contributed by atoms with Crippen LogP contribution in [0.2, 0.25) is 0 Å². The summed E-state index contributed by atoms with van der Waals surface area (Å²) in [6.07, 6.45) is 2.05. The molecule has 2 rings (SSSR count). The average molecular weight is 440 g/mol. The summed E-state index contributed by atoms with van der Waals surface area (Å²) in [6, 6.07) is 5.34. The van der Waals surface area contributed by atoms with Crippen molar-refractivity contribution >= 4 is 13.5 Å². The molecule has 0 aliphatic heterocycles. The molecule has 0 aromatic heterocycles. The average Bonchev–Trinajstić information content (AvgIpc) is 3.50. The van der Waals surface area contributed by atoms with Gasteiger partial charge in [0.1, 0.15) is 18.1 Å². The van der Waals surface area contributed by atoms with Gasteiger partial charge in [0, 0.05) is 6.61 Å². The monoisotopic (exact) mass is 439 g/mol. The van der Waals surface area contributed by atoms with E-state index >= 15 is 0 Å². The largest absolute Gasteiger partial charge is 0.462 e. The number of benzene rings is 1. The van der Waals surface area contributed by atoms with Gasteiger partial charge < -0.3 is 14.0 Å². The van der Waals surface area contributed by atoms with Crippen LogP contribution < -0.4 is 9.61 Å². The van der Waals surface area contributed by atoms with Gasteiger partial charge in [-0.05, 0) is 69.4 Å². The van der Waals surface area contributed by atoms with Gasteiger partial charge in [-0.15, -0.1) is 0 Å². The summed E-state index contributed by atoms with van der Waals surface area (Å²) in [7, 11) is -3.53. The van der Waals surface area contributed by atoms with Crippen molar-refractivity contribution in [3.63, 3.8) is 0 Å². The topological polar surface area (TPSA) is 73.9 Å². The van der Waals surface area contributed by atoms with Gasteiger partial charge in [-0.25, -0.2) is 5.09 Å². The fourth-order valence-electron chi connectivity index (χ4n) is 3.47. The number of hydrogen-bond donors (Lipinski definition) is 1. The summed E-state index contributed by atoms with van der Waals surface area (Å²) >= 11 is 0. The number of nitrogens with one attached hydrogen (secondary N) is 1. The van der Waals surface area contributed by atoms with Crippen LogP contribution in [0.5, 0.6) is 5.75 Å². The molecule has 3 atom stereocenters. The van der Waals surface area contributed by atoms with Crippen LogP contribution in [0, 0.1) is 5.92 Å². The molecule has 1 aromatic rings. The Bertz CT molecular complexity index is 760. The molecule has 0 saturated heterocycles. The zero-order valence-corrected chi connectivity index (χ0v) is 20.3. The van der Waals surface area contributed by atoms with E-state index in [1.807, 2.05) is 19.1 Å². The van der Waals surface area contributed by atoms with Crippen molar-refractivity contribution in [2.45, 2.75) is 85.3 Å². The van der Waals surface area contributed by atoms with Crippen molar-refractivity contribution in [3.05, 3.63) is 29.3 Å². The normalized spacial score (nSPS) is 18.2. The molecule has 0 radical (unpaired) electrons. The molecule has 1 fully saturated rings. The van der Waals surface area contributed by atoms with E-state index in [4.69, 9.17) is 14.0 Å². The maximum absolute atomic E-state index is 13.8. The second-order valence-electron chi connectivity index (χ2n) is 8.77. The zero-order valence-electron chi connectivity index (χ0n) is 19.4. The fraction of sp³-hybridized carbons (Fsp3) is 0.696. The molecule has 7 heteroatoms. The van der Waals surface area contributed by atoms with Crippen molar-refractivity contribution < 1.29 is 23.4 Å². The molecular formula is C23H38NO5P. The fourth-order valence-corrected chi connectivity index (χ4v) is 5.28. The molecule has 1 aliphatic carbocycles. The third-order valence-electron chi connectivity index (χ3n) is 5.32. The second kappa shape index (κ2) is 10.8. The minimum Gasteiger partial charge on any atom is -0.462 e. The second-order valence-corrected chi connectivity index (χ2v) is 10.8. The van der Waals surface area contributed by atoms with Crippen LogP contribution >= 0.6 is 7.52 Å². The first kappa shape index (κ1) is 24.9. The van der Waals surface area contributed by atoms with Crippen molar-refractivity contribution in [2.24, 2.45) is 5.92 Å². The highest BCUT2D eigenvalue weighted by Gasteiger charge is 2.36. The van der Waals surface area contributed by atoms with Crippen LogP contribution in [-0.4, -0.2) is 31.1 Å². The number of para-hydroxylation sites is 1. The first-order valence-electron chi connectivity index (χ1n) is 11.1. The predicted molar refractivity (Wildman–Crippen MR) is 120 cm³/mol. The van der Waals surface area contributed by atoms with E-state index in [1.54, 1.807) is 20.8 Å². The van der Waals surface area contributed by atoms with Gasteiger partial charge in [0.2, 0.25) is 0 Å². The lowest BCUT2D eigenvalue weighted by Crippen LogP contribution is -2.36. The smallest absolute Gasteiger partial charge is 0.342 e. The third-order valence-corrected chi connectivity index (χ3v) is 7.10. The molecule has 0 spiro atoms. The Morgan fingerprint density at radius 3 is 2.30 bits per heavy atom. The Hall–Kier alpha value is -1.36. The minimum atomic E-state index is -3.53. The molecule has 1 unspecified atom stereocenters. The van der Waals surface area contributed by atoms with E-state index in [2.05, 4.69) is 31.9 Å². The Labute approximate surface area is 181 Å². The van der Waals surface area contributed by atoms with Crippen molar-refractivity contribution in [1.29, 1.82) is 0 Å². The number of carbonyl (C=O) groups excluding carboxylic acids is 1. The van der Waals surface area contributed by atoms with Crippen LogP contribution in [0.1, 0.15) is 84.3 Å². The zero-order chi connectivity index (χ0) is 22.5. The highest BCUT2D eigenvalue weighted by Crippen LogP contribution is 2.51. The lowest BCUT2D eigenvalue weighted by molar-refractivity contribution is -0.149. The molecule has 30 heavy (non-hydrogen) atoms. The lowest BCUT2D eigenvalue weighted by atomic mass is 9.90. The highest BCUT2D eigenvalue weighted by molar-refractivity contribution is 7.57. The van der Waals surface area contributed by atoms with E-state index in [9.17, 15) is 9.36 Å². The van der Waals surface area contributed by atoms with Gasteiger partial charge in [0.25, 0.3) is 0 Å². The van der Waals surface area contributed by atoms with E-state index in [1.165, 1.54) is 12.8 Å². The highest BCUT2D eigenvalue weighted by atomic mass is 31.2. The number of rotatable bonds is 12. The summed E-state index contributed by atoms with van der Waals surface area (Å²) in [5.74, 6) is 1.35. The first-order valence-corrected chi connectivity index (χ1v) is 12.9. The minimum absolute atomic E-state index is 0.119. The van der Waals surface area contributed by atoms with Gasteiger partial charge >= 0.3 is 13.5 Å². The summed E-state index contributed by atoms with van der Waals surface area (Å²) in [5.41, 5.74) is 2.08. The predicted octanol–water partition coefficient (Wildman–Crippen LogP) is 5.82. The number of hydrogen-bond acceptors (Lipinski definition) is 5. The van der Waals surface area contributed by atoms with Gasteiger partial charge in [0.15, 0.2) is 0 Å². The SMILES string of the molecule is CCOCP(=O)(N[C@@H](C)C(=O)OC(C)C)Oc1c(C(C)C)cccc1[C@H](C)C1CC1. The van der Waals surface area contributed by atoms with E-state index in [0.717, 1.165) is 11.1 Å². The van der Waals surface area contributed by atoms with Crippen LogP contribution in [-0.2, 0) is 18.8 Å². The van der Waals surface area contributed by atoms with Gasteiger partial charge in [-0.1, -0.05) is 39.0 Å². The summed E-state index contributed by atoms with van der Waals surface area (Å²) < 4.78 is 30.8. The Morgan fingerprint density at radius 2 is 1.77 bits per heavy atom. The molecule has 0 heterocycles. The van der Waals surface area contributed by atoms with Crippen LogP contribution in [0.15, 0.2) is 18.2 Å². The van der Waals surface area contributed by atoms with E-state index in [0.29, 0.717) is 24.2 Å². The van der Waals surface area contributed by atoms with Crippen LogP contribution in [0.25, 0.3) is 0 Å². The number of esters is 1. The standard InChI is InChI=1S/C23H38NO5P/c1-8-27-14-30(26,24-18(7)23(25)28-16(4)5)29-22-20(15(2)3)10-9-11-21(22)17(6)19-12-13-19/h9-11,15-19H,8,12-14H2,1-7H3,(H,24,26)/t17-,18+,30?/m1/s1. The summed E-state index contributed by atoms with van der Waals surface area (Å²) in [6.45, 7) is 13.8. The van der Waals surface area contributed by atoms with Gasteiger partial charge in [-0.3, -0.25) is 9.36 Å². The van der Waals surface area contributed by atoms with Crippen molar-refractivity contribution in [2.75, 3.05) is 13.0 Å². The molecule has 0 amide bonds. The first-order chi connectivity index (χ1) is 14.1. The van der Waals surface area contributed by atoms with Crippen molar-refractivity contribution in [3.8, 4) is 5.75 Å². The van der Waals surface area contributed by atoms with E-state index < -0.39 is 19.5 Å². The van der Waals surface area contributed by atoms with Gasteiger partial charge in [0.05, 0.1) is 6.10 Å². The molecule has 1 aliphatic rings. The molecule has 6 nitrogen and oxygen atoms in total. The Balaban J connectivity index is 2.37. The Kier molecular flexibility index (Phi) is 8.96. The molecular weight excluding hydrogens is 401 g/mol. The molecule has 170 valence electrons. The van der Waals surface area contributed by atoms with E-state index in [-0.39, 0.29) is 18.4 Å². The van der Waals surface area contributed by atoms with Crippen molar-refractivity contribution in [1.82, 2.24) is 5.09 Å². The number of carbonyl (C=O) groups is 1. The lowest BCUT2D eigenvalue weighted by Gasteiger charge is -2.28. The third kappa shape index (κ3) is 6.83. The van der Waals surface area contributed by atoms with Gasteiger partial charge in [-0.2, -0.15) is 0 Å². The van der Waals surface area contributed by atoms with Crippen LogP contribution in [0.3, 0.4) is 0 Å². The Morgan fingerprint density at radius 1 is 1.13 bits per heavy atom. The van der Waals surface area contributed by atoms with Crippen LogP contribution in [0.4, 0.5) is 0 Å².